The molecular weight excluding hydrogens is 260 g/mol. The van der Waals surface area contributed by atoms with Crippen LogP contribution in [-0.2, 0) is 0 Å². The zero-order valence-electron chi connectivity index (χ0n) is 10.1. The summed E-state index contributed by atoms with van der Waals surface area (Å²) in [6.45, 7) is 0.278. The van der Waals surface area contributed by atoms with Crippen molar-refractivity contribution in [2.75, 3.05) is 6.54 Å². The summed E-state index contributed by atoms with van der Waals surface area (Å²) in [6.07, 6.45) is 3.13. The van der Waals surface area contributed by atoms with Crippen molar-refractivity contribution in [2.24, 2.45) is 0 Å². The van der Waals surface area contributed by atoms with E-state index in [0.717, 1.165) is 5.56 Å². The Bertz CT molecular complexity index is 629. The summed E-state index contributed by atoms with van der Waals surface area (Å²) in [6, 6.07) is 10.7. The van der Waals surface area contributed by atoms with Gasteiger partial charge in [0, 0.05) is 23.0 Å². The molecule has 1 aromatic carbocycles. The molecule has 19 heavy (non-hydrogen) atoms. The van der Waals surface area contributed by atoms with Gasteiger partial charge in [-0.05, 0) is 30.3 Å². The van der Waals surface area contributed by atoms with Gasteiger partial charge in [0.1, 0.15) is 0 Å². The Balaban J connectivity index is 1.89. The SMILES string of the molecule is O=C(NCC#Cc1cccc(Cl)c1)c1cccnc1. The smallest absolute Gasteiger partial charge is 0.253 e. The highest BCUT2D eigenvalue weighted by molar-refractivity contribution is 6.30. The number of carbonyl (C=O) groups excluding carboxylic acids is 1. The molecule has 0 aliphatic heterocycles. The number of nitrogens with one attached hydrogen (secondary N) is 1. The van der Waals surface area contributed by atoms with E-state index in [1.54, 1.807) is 30.5 Å². The molecule has 2 rings (SSSR count). The number of halogens is 1. The van der Waals surface area contributed by atoms with Gasteiger partial charge in [0.05, 0.1) is 12.1 Å². The molecule has 0 aliphatic carbocycles. The Morgan fingerprint density at radius 1 is 1.32 bits per heavy atom. The van der Waals surface area contributed by atoms with Gasteiger partial charge in [-0.1, -0.05) is 29.5 Å². The molecule has 0 saturated heterocycles. The second kappa shape index (κ2) is 6.58. The summed E-state index contributed by atoms with van der Waals surface area (Å²) in [5.74, 6) is 5.61. The largest absolute Gasteiger partial charge is 0.341 e. The third kappa shape index (κ3) is 4.13. The molecule has 0 fully saturated rings. The van der Waals surface area contributed by atoms with Crippen LogP contribution in [0.25, 0.3) is 0 Å². The van der Waals surface area contributed by atoms with Crippen LogP contribution < -0.4 is 5.32 Å². The van der Waals surface area contributed by atoms with Crippen LogP contribution in [0.1, 0.15) is 15.9 Å². The summed E-state index contributed by atoms with van der Waals surface area (Å²) < 4.78 is 0. The molecule has 1 aromatic heterocycles. The standard InChI is InChI=1S/C15H11ClN2O/c16-14-7-1-4-12(10-14)5-2-9-18-15(19)13-6-3-8-17-11-13/h1,3-4,6-8,10-11H,9H2,(H,18,19). The van der Waals surface area contributed by atoms with E-state index in [0.29, 0.717) is 10.6 Å². The Hall–Kier alpha value is -2.31. The first-order valence-electron chi connectivity index (χ1n) is 5.68. The van der Waals surface area contributed by atoms with Gasteiger partial charge in [-0.25, -0.2) is 0 Å². The monoisotopic (exact) mass is 270 g/mol. The first-order valence-corrected chi connectivity index (χ1v) is 6.06. The lowest BCUT2D eigenvalue weighted by atomic mass is 10.2. The molecular formula is C15H11ClN2O. The first-order chi connectivity index (χ1) is 9.25. The fraction of sp³-hybridized carbons (Fsp3) is 0.0667. The number of nitrogens with zero attached hydrogens (tertiary/aromatic N) is 1. The van der Waals surface area contributed by atoms with Crippen LogP contribution in [0.5, 0.6) is 0 Å². The molecule has 0 atom stereocenters. The highest BCUT2D eigenvalue weighted by Gasteiger charge is 2.01. The molecule has 94 valence electrons. The van der Waals surface area contributed by atoms with E-state index >= 15 is 0 Å². The minimum Gasteiger partial charge on any atom is -0.341 e. The van der Waals surface area contributed by atoms with Crippen molar-refractivity contribution < 1.29 is 4.79 Å². The van der Waals surface area contributed by atoms with Crippen LogP contribution >= 0.6 is 11.6 Å². The zero-order valence-corrected chi connectivity index (χ0v) is 10.8. The van der Waals surface area contributed by atoms with Crippen LogP contribution in [0.4, 0.5) is 0 Å². The van der Waals surface area contributed by atoms with Crippen molar-refractivity contribution in [1.82, 2.24) is 10.3 Å². The van der Waals surface area contributed by atoms with Crippen LogP contribution in [0, 0.1) is 11.8 Å². The summed E-state index contributed by atoms with van der Waals surface area (Å²) in [4.78, 5) is 15.5. The topological polar surface area (TPSA) is 42.0 Å². The van der Waals surface area contributed by atoms with Crippen molar-refractivity contribution in [1.29, 1.82) is 0 Å². The van der Waals surface area contributed by atoms with E-state index in [1.165, 1.54) is 6.20 Å². The summed E-state index contributed by atoms with van der Waals surface area (Å²) in [5, 5.41) is 3.34. The number of aromatic nitrogens is 1. The van der Waals surface area contributed by atoms with Crippen molar-refractivity contribution in [3.63, 3.8) is 0 Å². The van der Waals surface area contributed by atoms with Gasteiger partial charge < -0.3 is 5.32 Å². The van der Waals surface area contributed by atoms with E-state index in [-0.39, 0.29) is 12.5 Å². The van der Waals surface area contributed by atoms with E-state index in [9.17, 15) is 4.79 Å². The normalized spacial score (nSPS) is 9.32. The van der Waals surface area contributed by atoms with Crippen molar-refractivity contribution in [3.8, 4) is 11.8 Å². The third-order valence-electron chi connectivity index (χ3n) is 2.32. The van der Waals surface area contributed by atoms with Crippen LogP contribution in [0.2, 0.25) is 5.02 Å². The van der Waals surface area contributed by atoms with Gasteiger partial charge in [-0.15, -0.1) is 0 Å². The number of benzene rings is 1. The first kappa shape index (κ1) is 13.1. The molecule has 0 unspecified atom stereocenters. The molecule has 3 nitrogen and oxygen atoms in total. The number of amides is 1. The number of carbonyl (C=O) groups is 1. The number of hydrogen-bond acceptors (Lipinski definition) is 2. The molecule has 0 aliphatic rings. The molecule has 0 bridgehead atoms. The van der Waals surface area contributed by atoms with Gasteiger partial charge >= 0.3 is 0 Å². The van der Waals surface area contributed by atoms with E-state index in [2.05, 4.69) is 22.1 Å². The van der Waals surface area contributed by atoms with Crippen molar-refractivity contribution >= 4 is 17.5 Å². The second-order valence-electron chi connectivity index (χ2n) is 3.74. The molecule has 0 radical (unpaired) electrons. The van der Waals surface area contributed by atoms with Gasteiger partial charge in [-0.2, -0.15) is 0 Å². The summed E-state index contributed by atoms with van der Waals surface area (Å²) in [5.41, 5.74) is 1.34. The maximum absolute atomic E-state index is 11.7. The van der Waals surface area contributed by atoms with E-state index in [1.807, 2.05) is 12.1 Å². The zero-order chi connectivity index (χ0) is 13.5. The fourth-order valence-corrected chi connectivity index (χ4v) is 1.63. The lowest BCUT2D eigenvalue weighted by molar-refractivity contribution is 0.0958. The predicted molar refractivity (Wildman–Crippen MR) is 74.9 cm³/mol. The number of pyridine rings is 1. The van der Waals surface area contributed by atoms with Gasteiger partial charge in [0.2, 0.25) is 0 Å². The Morgan fingerprint density at radius 3 is 2.95 bits per heavy atom. The lowest BCUT2D eigenvalue weighted by Crippen LogP contribution is -2.23. The average molecular weight is 271 g/mol. The van der Waals surface area contributed by atoms with Crippen LogP contribution in [0.3, 0.4) is 0 Å². The van der Waals surface area contributed by atoms with Gasteiger partial charge in [0.25, 0.3) is 5.91 Å². The lowest BCUT2D eigenvalue weighted by Gasteiger charge is -1.99. The molecule has 1 heterocycles. The summed E-state index contributed by atoms with van der Waals surface area (Å²) >= 11 is 5.84. The maximum atomic E-state index is 11.7. The molecule has 0 spiro atoms. The Kier molecular flexibility index (Phi) is 4.54. The van der Waals surface area contributed by atoms with Crippen LogP contribution in [-0.4, -0.2) is 17.4 Å². The van der Waals surface area contributed by atoms with Crippen molar-refractivity contribution in [2.45, 2.75) is 0 Å². The number of rotatable bonds is 2. The van der Waals surface area contributed by atoms with E-state index < -0.39 is 0 Å². The quantitative estimate of drug-likeness (QED) is 0.852. The molecule has 0 saturated carbocycles. The molecule has 1 amide bonds. The van der Waals surface area contributed by atoms with E-state index in [4.69, 9.17) is 11.6 Å². The van der Waals surface area contributed by atoms with Crippen molar-refractivity contribution in [3.05, 3.63) is 64.9 Å². The molecule has 1 N–H and O–H groups in total. The molecule has 2 aromatic rings. The van der Waals surface area contributed by atoms with Gasteiger partial charge in [-0.3, -0.25) is 9.78 Å². The van der Waals surface area contributed by atoms with Gasteiger partial charge in [0.15, 0.2) is 0 Å². The third-order valence-corrected chi connectivity index (χ3v) is 2.55. The Morgan fingerprint density at radius 2 is 2.21 bits per heavy atom. The van der Waals surface area contributed by atoms with Crippen LogP contribution in [0.15, 0.2) is 48.8 Å². The fourth-order valence-electron chi connectivity index (χ4n) is 1.44. The highest BCUT2D eigenvalue weighted by Crippen LogP contribution is 2.09. The minimum atomic E-state index is -0.187. The number of hydrogen-bond donors (Lipinski definition) is 1. The second-order valence-corrected chi connectivity index (χ2v) is 4.17. The average Bonchev–Trinajstić information content (AvgIpc) is 2.44. The predicted octanol–water partition coefficient (Wildman–Crippen LogP) is 2.52. The minimum absolute atomic E-state index is 0.187. The summed E-state index contributed by atoms with van der Waals surface area (Å²) in [7, 11) is 0. The maximum Gasteiger partial charge on any atom is 0.253 e. The highest BCUT2D eigenvalue weighted by atomic mass is 35.5. The molecule has 4 heteroatoms. The Labute approximate surface area is 116 Å².